The fraction of sp³-hybridized carbons (Fsp3) is 0.417. The molecule has 8 nitrogen and oxygen atoms in total. The van der Waals surface area contributed by atoms with Crippen LogP contribution in [0.2, 0.25) is 5.02 Å². The van der Waals surface area contributed by atoms with Gasteiger partial charge >= 0.3 is 0 Å². The molecule has 6 rings (SSSR count). The van der Waals surface area contributed by atoms with Crippen LogP contribution in [0.4, 0.5) is 8.78 Å². The second kappa shape index (κ2) is 13.2. The monoisotopic (exact) mass is 665 g/mol. The Balaban J connectivity index is 1.31. The van der Waals surface area contributed by atoms with Crippen LogP contribution in [-0.4, -0.2) is 55.8 Å². The predicted molar refractivity (Wildman–Crippen MR) is 174 cm³/mol. The zero-order valence-electron chi connectivity index (χ0n) is 26.4. The molecule has 1 aliphatic carbocycles. The van der Waals surface area contributed by atoms with E-state index in [9.17, 15) is 14.4 Å². The molecule has 0 aromatic heterocycles. The number of halogens is 3. The van der Waals surface area contributed by atoms with Gasteiger partial charge in [-0.15, -0.1) is 0 Å². The fourth-order valence-electron chi connectivity index (χ4n) is 7.58. The van der Waals surface area contributed by atoms with E-state index in [1.807, 2.05) is 42.2 Å². The number of nitrogens with one attached hydrogen (secondary N) is 1. The Morgan fingerprint density at radius 3 is 2.47 bits per heavy atom. The lowest BCUT2D eigenvalue weighted by Crippen LogP contribution is -2.48. The van der Waals surface area contributed by atoms with E-state index in [0.29, 0.717) is 25.2 Å². The molecule has 2 amide bonds. The van der Waals surface area contributed by atoms with E-state index in [0.717, 1.165) is 44.0 Å². The summed E-state index contributed by atoms with van der Waals surface area (Å²) in [5.41, 5.74) is 5.47. The average molecular weight is 666 g/mol. The Morgan fingerprint density at radius 2 is 1.83 bits per heavy atom. The van der Waals surface area contributed by atoms with Crippen LogP contribution in [0, 0.1) is 23.5 Å². The first-order valence-electron chi connectivity index (χ1n) is 16.0. The number of benzene rings is 3. The molecule has 3 N–H and O–H groups in total. The molecular formula is C36H38ClF2N3O5. The lowest BCUT2D eigenvalue weighted by molar-refractivity contribution is -0.135. The van der Waals surface area contributed by atoms with Crippen molar-refractivity contribution in [1.29, 1.82) is 0 Å². The number of fused-ring (bicyclic) bond motifs is 1. The molecule has 3 aromatic rings. The number of rotatable bonds is 9. The van der Waals surface area contributed by atoms with E-state index in [1.54, 1.807) is 0 Å². The third-order valence-electron chi connectivity index (χ3n) is 10.2. The van der Waals surface area contributed by atoms with Crippen molar-refractivity contribution in [2.75, 3.05) is 26.7 Å². The molecule has 3 atom stereocenters. The van der Waals surface area contributed by atoms with Gasteiger partial charge in [-0.1, -0.05) is 48.9 Å². The van der Waals surface area contributed by atoms with Crippen LogP contribution < -0.4 is 20.5 Å². The standard InChI is InChI=1S/C36H38ClF2N3O5/c1-20-29-28(16-26(38)32(37)31(29)30-25(34(40)44)12-13-27(46-2)33(30)39)47-36(20,23-6-4-3-5-7-23)19-41-24-10-8-22(9-11-24)35(45)42-15-14-21(17-42)18-43/h3-7,12-13,16,18,20-22,24,41H,8-11,14-15,17,19H2,1-2H3,(H2,40,44)/t20-,21?,22?,24?,36-/m0/s1. The molecular weight excluding hydrogens is 628 g/mol. The molecule has 2 aliphatic heterocycles. The van der Waals surface area contributed by atoms with E-state index in [-0.39, 0.29) is 57.0 Å². The van der Waals surface area contributed by atoms with Gasteiger partial charge in [0.15, 0.2) is 17.2 Å². The Hall–Kier alpha value is -4.02. The first kappa shape index (κ1) is 32.9. The minimum absolute atomic E-state index is 0.00470. The van der Waals surface area contributed by atoms with E-state index in [2.05, 4.69) is 5.32 Å². The molecule has 3 aromatic carbocycles. The number of hydrogen-bond donors (Lipinski definition) is 2. The zero-order valence-corrected chi connectivity index (χ0v) is 27.1. The molecule has 11 heteroatoms. The van der Waals surface area contributed by atoms with Crippen LogP contribution in [0.3, 0.4) is 0 Å². The van der Waals surface area contributed by atoms with Gasteiger partial charge in [-0.3, -0.25) is 9.59 Å². The number of primary amides is 1. The van der Waals surface area contributed by atoms with Gasteiger partial charge in [0.05, 0.1) is 17.7 Å². The van der Waals surface area contributed by atoms with Crippen molar-refractivity contribution in [3.63, 3.8) is 0 Å². The summed E-state index contributed by atoms with van der Waals surface area (Å²) in [4.78, 5) is 38.7. The minimum Gasteiger partial charge on any atom is -0.494 e. The van der Waals surface area contributed by atoms with E-state index >= 15 is 8.78 Å². The second-order valence-electron chi connectivity index (χ2n) is 12.8. The third kappa shape index (κ3) is 5.86. The van der Waals surface area contributed by atoms with E-state index in [4.69, 9.17) is 26.8 Å². The first-order valence-corrected chi connectivity index (χ1v) is 16.4. The lowest BCUT2D eigenvalue weighted by atomic mass is 9.77. The Labute approximate surface area is 277 Å². The topological polar surface area (TPSA) is 111 Å². The van der Waals surface area contributed by atoms with Crippen LogP contribution in [0.15, 0.2) is 48.5 Å². The molecule has 2 fully saturated rings. The van der Waals surface area contributed by atoms with E-state index in [1.165, 1.54) is 25.3 Å². The number of methoxy groups -OCH3 is 1. The average Bonchev–Trinajstić information content (AvgIpc) is 3.68. The van der Waals surface area contributed by atoms with Gasteiger partial charge < -0.3 is 30.2 Å². The highest BCUT2D eigenvalue weighted by Gasteiger charge is 2.50. The van der Waals surface area contributed by atoms with Crippen molar-refractivity contribution in [1.82, 2.24) is 10.2 Å². The fourth-order valence-corrected chi connectivity index (χ4v) is 7.83. The minimum atomic E-state index is -1.05. The Kier molecular flexibility index (Phi) is 9.27. The van der Waals surface area contributed by atoms with E-state index < -0.39 is 29.1 Å². The van der Waals surface area contributed by atoms with Crippen LogP contribution in [0.1, 0.15) is 66.4 Å². The number of nitrogens with two attached hydrogens (primary N) is 1. The van der Waals surface area contributed by atoms with Crippen LogP contribution in [0.5, 0.6) is 11.5 Å². The maximum absolute atomic E-state index is 16.0. The summed E-state index contributed by atoms with van der Waals surface area (Å²) in [7, 11) is 1.29. The van der Waals surface area contributed by atoms with Crippen LogP contribution in [-0.2, 0) is 15.2 Å². The summed E-state index contributed by atoms with van der Waals surface area (Å²) in [6.45, 7) is 3.37. The molecule has 248 valence electrons. The maximum atomic E-state index is 16.0. The molecule has 1 saturated carbocycles. The summed E-state index contributed by atoms with van der Waals surface area (Å²) >= 11 is 6.61. The lowest BCUT2D eigenvalue weighted by Gasteiger charge is -2.37. The zero-order chi connectivity index (χ0) is 33.5. The number of ether oxygens (including phenoxy) is 2. The van der Waals surface area contributed by atoms with Crippen molar-refractivity contribution in [2.45, 2.75) is 56.6 Å². The SMILES string of the molecule is COc1ccc(C(N)=O)c(-c2c(Cl)c(F)cc3c2[C@H](C)[C@@](CNC2CCC(C(=O)N4CCC(C=O)C4)CC2)(c2ccccc2)O3)c1F. The summed E-state index contributed by atoms with van der Waals surface area (Å²) in [5, 5.41) is 3.31. The van der Waals surface area contributed by atoms with Gasteiger partial charge in [-0.05, 0) is 49.8 Å². The van der Waals surface area contributed by atoms with Gasteiger partial charge in [0.1, 0.15) is 17.9 Å². The smallest absolute Gasteiger partial charge is 0.249 e. The Morgan fingerprint density at radius 1 is 1.11 bits per heavy atom. The van der Waals surface area contributed by atoms with Crippen molar-refractivity contribution in [2.24, 2.45) is 17.6 Å². The summed E-state index contributed by atoms with van der Waals surface area (Å²) in [5.74, 6) is -3.09. The number of carbonyl (C=O) groups excluding carboxylic acids is 3. The molecule has 0 spiro atoms. The number of amides is 2. The molecule has 1 saturated heterocycles. The summed E-state index contributed by atoms with van der Waals surface area (Å²) < 4.78 is 43.4. The normalized spacial score (nSPS) is 25.3. The maximum Gasteiger partial charge on any atom is 0.249 e. The van der Waals surface area contributed by atoms with Crippen LogP contribution >= 0.6 is 11.6 Å². The number of aldehydes is 1. The molecule has 1 unspecified atom stereocenters. The number of likely N-dealkylation sites (tertiary alicyclic amines) is 1. The molecule has 0 bridgehead atoms. The summed E-state index contributed by atoms with van der Waals surface area (Å²) in [6, 6.07) is 13.5. The van der Waals surface area contributed by atoms with Gasteiger partial charge in [-0.2, -0.15) is 0 Å². The highest BCUT2D eigenvalue weighted by molar-refractivity contribution is 6.34. The second-order valence-corrected chi connectivity index (χ2v) is 13.2. The third-order valence-corrected chi connectivity index (χ3v) is 10.6. The molecule has 2 heterocycles. The number of nitrogens with zero attached hydrogens (tertiary/aromatic N) is 1. The molecule has 0 radical (unpaired) electrons. The number of hydrogen-bond acceptors (Lipinski definition) is 6. The summed E-state index contributed by atoms with van der Waals surface area (Å²) in [6.07, 6.45) is 4.66. The van der Waals surface area contributed by atoms with Crippen molar-refractivity contribution < 1.29 is 32.6 Å². The molecule has 3 aliphatic rings. The van der Waals surface area contributed by atoms with Gasteiger partial charge in [-0.25, -0.2) is 8.78 Å². The largest absolute Gasteiger partial charge is 0.494 e. The van der Waals surface area contributed by atoms with Crippen molar-refractivity contribution >= 4 is 29.7 Å². The highest BCUT2D eigenvalue weighted by Crippen LogP contribution is 2.56. The first-order chi connectivity index (χ1) is 22.6. The number of carbonyl (C=O) groups is 3. The van der Waals surface area contributed by atoms with Gasteiger partial charge in [0, 0.05) is 66.2 Å². The quantitative estimate of drug-likeness (QED) is 0.272. The van der Waals surface area contributed by atoms with Crippen molar-refractivity contribution in [3.05, 3.63) is 81.9 Å². The predicted octanol–water partition coefficient (Wildman–Crippen LogP) is 5.98. The van der Waals surface area contributed by atoms with Crippen molar-refractivity contribution in [3.8, 4) is 22.6 Å². The highest BCUT2D eigenvalue weighted by atomic mass is 35.5. The Bertz CT molecular complexity index is 1700. The van der Waals surface area contributed by atoms with Gasteiger partial charge in [0.25, 0.3) is 0 Å². The molecule has 47 heavy (non-hydrogen) atoms. The van der Waals surface area contributed by atoms with Gasteiger partial charge in [0.2, 0.25) is 11.8 Å². The van der Waals surface area contributed by atoms with Crippen LogP contribution in [0.25, 0.3) is 11.1 Å².